The summed E-state index contributed by atoms with van der Waals surface area (Å²) >= 11 is 0. The molecule has 0 aliphatic heterocycles. The molecule has 25 heavy (non-hydrogen) atoms. The number of aryl methyl sites for hydroxylation is 1. The zero-order chi connectivity index (χ0) is 18.1. The molecular weight excluding hydrogens is 318 g/mol. The van der Waals surface area contributed by atoms with E-state index in [9.17, 15) is 9.59 Å². The van der Waals surface area contributed by atoms with Crippen molar-refractivity contribution in [2.75, 3.05) is 6.61 Å². The smallest absolute Gasteiger partial charge is 0.305 e. The molecule has 132 valence electrons. The molecule has 1 unspecified atom stereocenters. The highest BCUT2D eigenvalue weighted by Crippen LogP contribution is 2.18. The van der Waals surface area contributed by atoms with Gasteiger partial charge in [-0.2, -0.15) is 0 Å². The Morgan fingerprint density at radius 1 is 1.08 bits per heavy atom. The van der Waals surface area contributed by atoms with Crippen molar-refractivity contribution >= 4 is 11.9 Å². The lowest BCUT2D eigenvalue weighted by atomic mass is 10.0. The Balaban J connectivity index is 1.81. The standard InChI is InChI=1S/C20H23NO4/c1-15-8-5-6-11-18(15)25-13-7-12-19(22)21-17(14-20(23)24)16-9-3-2-4-10-16/h2-6,8-11,17H,7,12-14H2,1H3,(H,21,22)(H,23,24). The summed E-state index contributed by atoms with van der Waals surface area (Å²) in [4.78, 5) is 23.2. The van der Waals surface area contributed by atoms with Crippen molar-refractivity contribution in [1.82, 2.24) is 5.32 Å². The Morgan fingerprint density at radius 3 is 2.44 bits per heavy atom. The lowest BCUT2D eigenvalue weighted by Crippen LogP contribution is -2.30. The first-order valence-corrected chi connectivity index (χ1v) is 8.31. The van der Waals surface area contributed by atoms with Crippen LogP contribution in [0, 0.1) is 6.92 Å². The molecule has 5 heteroatoms. The van der Waals surface area contributed by atoms with E-state index in [0.29, 0.717) is 13.0 Å². The molecular formula is C20H23NO4. The molecule has 2 aromatic rings. The molecule has 1 amide bonds. The van der Waals surface area contributed by atoms with Crippen LogP contribution in [0.1, 0.15) is 36.4 Å². The average Bonchev–Trinajstić information content (AvgIpc) is 2.60. The summed E-state index contributed by atoms with van der Waals surface area (Å²) in [5.74, 6) is -0.309. The third-order valence-corrected chi connectivity index (χ3v) is 3.82. The number of nitrogens with one attached hydrogen (secondary N) is 1. The number of carbonyl (C=O) groups is 2. The lowest BCUT2D eigenvalue weighted by molar-refractivity contribution is -0.137. The molecule has 2 N–H and O–H groups in total. The molecule has 0 heterocycles. The van der Waals surface area contributed by atoms with E-state index in [2.05, 4.69) is 5.32 Å². The Labute approximate surface area is 147 Å². The van der Waals surface area contributed by atoms with Gasteiger partial charge in [0.15, 0.2) is 0 Å². The van der Waals surface area contributed by atoms with Crippen molar-refractivity contribution in [1.29, 1.82) is 0 Å². The van der Waals surface area contributed by atoms with E-state index >= 15 is 0 Å². The van der Waals surface area contributed by atoms with Gasteiger partial charge in [-0.3, -0.25) is 9.59 Å². The number of aliphatic carboxylic acids is 1. The van der Waals surface area contributed by atoms with Gasteiger partial charge in [-0.05, 0) is 30.5 Å². The Bertz CT molecular complexity index is 700. The highest BCUT2D eigenvalue weighted by atomic mass is 16.5. The largest absolute Gasteiger partial charge is 0.493 e. The van der Waals surface area contributed by atoms with E-state index in [1.807, 2.05) is 61.5 Å². The fourth-order valence-corrected chi connectivity index (χ4v) is 2.51. The van der Waals surface area contributed by atoms with Crippen LogP contribution < -0.4 is 10.1 Å². The maximum Gasteiger partial charge on any atom is 0.305 e. The van der Waals surface area contributed by atoms with E-state index in [-0.39, 0.29) is 18.7 Å². The van der Waals surface area contributed by atoms with Crippen LogP contribution >= 0.6 is 0 Å². The highest BCUT2D eigenvalue weighted by molar-refractivity contribution is 5.77. The van der Waals surface area contributed by atoms with Gasteiger partial charge in [0, 0.05) is 6.42 Å². The summed E-state index contributed by atoms with van der Waals surface area (Å²) in [7, 11) is 0. The zero-order valence-electron chi connectivity index (χ0n) is 14.3. The Hall–Kier alpha value is -2.82. The minimum atomic E-state index is -0.947. The number of rotatable bonds is 9. The van der Waals surface area contributed by atoms with Crippen molar-refractivity contribution in [2.24, 2.45) is 0 Å². The number of hydrogen-bond acceptors (Lipinski definition) is 3. The van der Waals surface area contributed by atoms with Gasteiger partial charge in [-0.1, -0.05) is 48.5 Å². The number of ether oxygens (including phenoxy) is 1. The molecule has 0 aliphatic carbocycles. The molecule has 0 radical (unpaired) electrons. The minimum Gasteiger partial charge on any atom is -0.493 e. The number of benzene rings is 2. The number of amides is 1. The second-order valence-electron chi connectivity index (χ2n) is 5.85. The quantitative estimate of drug-likeness (QED) is 0.685. The van der Waals surface area contributed by atoms with Crippen molar-refractivity contribution in [2.45, 2.75) is 32.2 Å². The summed E-state index contributed by atoms with van der Waals surface area (Å²) in [5, 5.41) is 11.9. The van der Waals surface area contributed by atoms with Crippen LogP contribution in [-0.2, 0) is 9.59 Å². The fraction of sp³-hybridized carbons (Fsp3) is 0.300. The van der Waals surface area contributed by atoms with Crippen LogP contribution in [0.2, 0.25) is 0 Å². The predicted molar refractivity (Wildman–Crippen MR) is 95.5 cm³/mol. The number of carboxylic acid groups (broad SMARTS) is 1. The molecule has 1 atom stereocenters. The topological polar surface area (TPSA) is 75.6 Å². The molecule has 0 spiro atoms. The lowest BCUT2D eigenvalue weighted by Gasteiger charge is -2.17. The third-order valence-electron chi connectivity index (χ3n) is 3.82. The average molecular weight is 341 g/mol. The van der Waals surface area contributed by atoms with Crippen LogP contribution in [0.25, 0.3) is 0 Å². The SMILES string of the molecule is Cc1ccccc1OCCCC(=O)NC(CC(=O)O)c1ccccc1. The van der Waals surface area contributed by atoms with Crippen molar-refractivity contribution in [3.63, 3.8) is 0 Å². The fourth-order valence-electron chi connectivity index (χ4n) is 2.51. The molecule has 2 rings (SSSR count). The maximum atomic E-state index is 12.1. The van der Waals surface area contributed by atoms with Crippen LogP contribution in [0.5, 0.6) is 5.75 Å². The van der Waals surface area contributed by atoms with Gasteiger partial charge in [0.1, 0.15) is 5.75 Å². The Kier molecular flexibility index (Phi) is 7.01. The minimum absolute atomic E-state index is 0.143. The maximum absolute atomic E-state index is 12.1. The highest BCUT2D eigenvalue weighted by Gasteiger charge is 2.17. The first-order chi connectivity index (χ1) is 12.1. The molecule has 0 bridgehead atoms. The molecule has 0 aromatic heterocycles. The monoisotopic (exact) mass is 341 g/mol. The van der Waals surface area contributed by atoms with Gasteiger partial charge in [0.05, 0.1) is 19.1 Å². The van der Waals surface area contributed by atoms with E-state index in [1.54, 1.807) is 0 Å². The summed E-state index contributed by atoms with van der Waals surface area (Å²) < 4.78 is 5.67. The zero-order valence-corrected chi connectivity index (χ0v) is 14.3. The molecule has 2 aromatic carbocycles. The summed E-state index contributed by atoms with van der Waals surface area (Å²) in [6.07, 6.45) is 0.707. The van der Waals surface area contributed by atoms with Gasteiger partial charge in [0.2, 0.25) is 5.91 Å². The third kappa shape index (κ3) is 6.30. The van der Waals surface area contributed by atoms with Crippen molar-refractivity contribution < 1.29 is 19.4 Å². The molecule has 0 saturated carbocycles. The van der Waals surface area contributed by atoms with Gasteiger partial charge >= 0.3 is 5.97 Å². The van der Waals surface area contributed by atoms with Gasteiger partial charge in [-0.15, -0.1) is 0 Å². The molecule has 0 saturated heterocycles. The number of hydrogen-bond donors (Lipinski definition) is 2. The van der Waals surface area contributed by atoms with Crippen LogP contribution in [0.4, 0.5) is 0 Å². The van der Waals surface area contributed by atoms with Crippen molar-refractivity contribution in [3.05, 3.63) is 65.7 Å². The van der Waals surface area contributed by atoms with Crippen LogP contribution in [-0.4, -0.2) is 23.6 Å². The second-order valence-corrected chi connectivity index (χ2v) is 5.85. The summed E-state index contributed by atoms with van der Waals surface area (Å²) in [6.45, 7) is 2.41. The molecule has 0 aliphatic rings. The second kappa shape index (κ2) is 9.47. The molecule has 0 fully saturated rings. The van der Waals surface area contributed by atoms with Gasteiger partial charge < -0.3 is 15.2 Å². The predicted octanol–water partition coefficient (Wildman–Crippen LogP) is 3.49. The van der Waals surface area contributed by atoms with E-state index in [1.165, 1.54) is 0 Å². The van der Waals surface area contributed by atoms with E-state index in [4.69, 9.17) is 9.84 Å². The van der Waals surface area contributed by atoms with Crippen LogP contribution in [0.15, 0.2) is 54.6 Å². The van der Waals surface area contributed by atoms with Gasteiger partial charge in [0.25, 0.3) is 0 Å². The number of para-hydroxylation sites is 1. The first kappa shape index (κ1) is 18.5. The summed E-state index contributed by atoms with van der Waals surface area (Å²) in [6, 6.07) is 16.3. The van der Waals surface area contributed by atoms with E-state index in [0.717, 1.165) is 16.9 Å². The number of carboxylic acids is 1. The van der Waals surface area contributed by atoms with Gasteiger partial charge in [-0.25, -0.2) is 0 Å². The first-order valence-electron chi connectivity index (χ1n) is 8.31. The summed E-state index contributed by atoms with van der Waals surface area (Å²) in [5.41, 5.74) is 1.84. The number of carbonyl (C=O) groups excluding carboxylic acids is 1. The Morgan fingerprint density at radius 2 is 1.76 bits per heavy atom. The normalized spacial score (nSPS) is 11.6. The van der Waals surface area contributed by atoms with E-state index < -0.39 is 12.0 Å². The van der Waals surface area contributed by atoms with Crippen LogP contribution in [0.3, 0.4) is 0 Å². The molecule has 5 nitrogen and oxygen atoms in total. The van der Waals surface area contributed by atoms with Crippen molar-refractivity contribution in [3.8, 4) is 5.75 Å².